The van der Waals surface area contributed by atoms with Gasteiger partial charge in [-0.3, -0.25) is 4.79 Å². The fourth-order valence-electron chi connectivity index (χ4n) is 2.50. The molecule has 0 radical (unpaired) electrons. The van der Waals surface area contributed by atoms with E-state index in [1.807, 2.05) is 79.7 Å². The van der Waals surface area contributed by atoms with E-state index in [-0.39, 0.29) is 5.91 Å². The van der Waals surface area contributed by atoms with Crippen LogP contribution in [0.3, 0.4) is 0 Å². The number of amides is 1. The first kappa shape index (κ1) is 17.4. The quantitative estimate of drug-likeness (QED) is 0.534. The molecule has 0 saturated heterocycles. The molecule has 130 valence electrons. The number of nitrogens with zero attached hydrogens (tertiary/aromatic N) is 1. The Balaban J connectivity index is 1.65. The zero-order valence-corrected chi connectivity index (χ0v) is 14.6. The van der Waals surface area contributed by atoms with Crippen LogP contribution in [0.4, 0.5) is 0 Å². The monoisotopic (exact) mass is 344 g/mol. The number of aryl methyl sites for hydroxylation is 1. The van der Waals surface area contributed by atoms with Gasteiger partial charge in [0.05, 0.1) is 6.21 Å². The Bertz CT molecular complexity index is 905. The van der Waals surface area contributed by atoms with Crippen molar-refractivity contribution in [3.8, 4) is 5.75 Å². The van der Waals surface area contributed by atoms with E-state index in [2.05, 4.69) is 10.5 Å². The Morgan fingerprint density at radius 1 is 0.962 bits per heavy atom. The third-order valence-electron chi connectivity index (χ3n) is 3.92. The summed E-state index contributed by atoms with van der Waals surface area (Å²) in [5.74, 6) is 0.479. The molecule has 0 saturated carbocycles. The fourth-order valence-corrected chi connectivity index (χ4v) is 2.50. The van der Waals surface area contributed by atoms with Crippen molar-refractivity contribution in [2.24, 2.45) is 5.10 Å². The summed E-state index contributed by atoms with van der Waals surface area (Å²) in [5.41, 5.74) is 5.97. The molecule has 26 heavy (non-hydrogen) atoms. The number of carbonyl (C=O) groups is 1. The molecule has 3 aromatic rings. The van der Waals surface area contributed by atoms with Crippen molar-refractivity contribution in [2.45, 2.75) is 13.5 Å². The second kappa shape index (κ2) is 8.62. The highest BCUT2D eigenvalue weighted by molar-refractivity contribution is 5.96. The molecule has 1 N–H and O–H groups in total. The molecule has 0 spiro atoms. The topological polar surface area (TPSA) is 50.7 Å². The lowest BCUT2D eigenvalue weighted by atomic mass is 10.1. The molecule has 0 aliphatic carbocycles. The van der Waals surface area contributed by atoms with Gasteiger partial charge in [-0.2, -0.15) is 5.10 Å². The first-order chi connectivity index (χ1) is 12.7. The van der Waals surface area contributed by atoms with Crippen molar-refractivity contribution in [1.82, 2.24) is 5.43 Å². The van der Waals surface area contributed by atoms with Gasteiger partial charge in [-0.1, -0.05) is 60.7 Å². The lowest BCUT2D eigenvalue weighted by Gasteiger charge is -2.09. The van der Waals surface area contributed by atoms with Gasteiger partial charge in [-0.15, -0.1) is 0 Å². The highest BCUT2D eigenvalue weighted by Gasteiger charge is 2.06. The highest BCUT2D eigenvalue weighted by atomic mass is 16.5. The van der Waals surface area contributed by atoms with E-state index in [0.717, 1.165) is 16.7 Å². The maximum atomic E-state index is 12.2. The normalized spacial score (nSPS) is 10.7. The number of hydrogen-bond acceptors (Lipinski definition) is 3. The molecule has 4 heteroatoms. The van der Waals surface area contributed by atoms with Gasteiger partial charge < -0.3 is 4.74 Å². The van der Waals surface area contributed by atoms with Crippen molar-refractivity contribution in [3.63, 3.8) is 0 Å². The van der Waals surface area contributed by atoms with Gasteiger partial charge >= 0.3 is 0 Å². The summed E-state index contributed by atoms with van der Waals surface area (Å²) in [6.45, 7) is 2.37. The Morgan fingerprint density at radius 2 is 1.65 bits per heavy atom. The molecule has 3 aromatic carbocycles. The number of ether oxygens (including phenoxy) is 1. The Hall–Kier alpha value is -3.40. The molecule has 0 bridgehead atoms. The van der Waals surface area contributed by atoms with Gasteiger partial charge in [0.1, 0.15) is 12.4 Å². The average molecular weight is 344 g/mol. The Morgan fingerprint density at radius 3 is 2.46 bits per heavy atom. The van der Waals surface area contributed by atoms with Gasteiger partial charge in [0.15, 0.2) is 0 Å². The van der Waals surface area contributed by atoms with E-state index < -0.39 is 0 Å². The van der Waals surface area contributed by atoms with Gasteiger partial charge in [-0.05, 0) is 36.2 Å². The Labute approximate surface area is 153 Å². The highest BCUT2D eigenvalue weighted by Crippen LogP contribution is 2.17. The first-order valence-electron chi connectivity index (χ1n) is 8.39. The maximum Gasteiger partial charge on any atom is 0.271 e. The minimum atomic E-state index is -0.234. The van der Waals surface area contributed by atoms with Crippen LogP contribution in [-0.4, -0.2) is 12.1 Å². The second-order valence-corrected chi connectivity index (χ2v) is 5.83. The molecule has 0 unspecified atom stereocenters. The van der Waals surface area contributed by atoms with Gasteiger partial charge in [0, 0.05) is 11.1 Å². The van der Waals surface area contributed by atoms with Crippen LogP contribution in [-0.2, 0) is 6.61 Å². The molecule has 1 amide bonds. The zero-order chi connectivity index (χ0) is 18.2. The number of carbonyl (C=O) groups excluding carboxylic acids is 1. The minimum Gasteiger partial charge on any atom is -0.488 e. The summed E-state index contributed by atoms with van der Waals surface area (Å²) in [6, 6.07) is 24.9. The largest absolute Gasteiger partial charge is 0.488 e. The van der Waals surface area contributed by atoms with E-state index in [4.69, 9.17) is 4.74 Å². The average Bonchev–Trinajstić information content (AvgIpc) is 2.68. The van der Waals surface area contributed by atoms with Crippen LogP contribution < -0.4 is 10.2 Å². The predicted octanol–water partition coefficient (Wildman–Crippen LogP) is 4.34. The molecule has 0 atom stereocenters. The van der Waals surface area contributed by atoms with Crippen LogP contribution in [0.1, 0.15) is 27.0 Å². The van der Waals surface area contributed by atoms with Crippen LogP contribution in [0.5, 0.6) is 5.75 Å². The van der Waals surface area contributed by atoms with Crippen LogP contribution >= 0.6 is 0 Å². The molecular formula is C22H20N2O2. The summed E-state index contributed by atoms with van der Waals surface area (Å²) in [4.78, 5) is 12.2. The van der Waals surface area contributed by atoms with E-state index in [9.17, 15) is 4.79 Å². The van der Waals surface area contributed by atoms with E-state index in [0.29, 0.717) is 17.9 Å². The molecule has 4 nitrogen and oxygen atoms in total. The molecule has 0 fully saturated rings. The molecule has 3 rings (SSSR count). The summed E-state index contributed by atoms with van der Waals surface area (Å²) >= 11 is 0. The lowest BCUT2D eigenvalue weighted by Crippen LogP contribution is -2.18. The Kier molecular flexibility index (Phi) is 5.78. The van der Waals surface area contributed by atoms with E-state index in [1.165, 1.54) is 0 Å². The number of hydrazone groups is 1. The summed E-state index contributed by atoms with van der Waals surface area (Å²) in [6.07, 6.45) is 1.59. The van der Waals surface area contributed by atoms with Gasteiger partial charge in [0.2, 0.25) is 0 Å². The standard InChI is InChI=1S/C22H20N2O2/c1-17-9-5-7-13-20(17)22(25)24-23-15-19-12-6-8-14-21(19)26-16-18-10-3-2-4-11-18/h2-15H,16H2,1H3,(H,24,25)/b23-15+. The summed E-state index contributed by atoms with van der Waals surface area (Å²) in [7, 11) is 0. The number of benzene rings is 3. The molecular weight excluding hydrogens is 324 g/mol. The van der Waals surface area contributed by atoms with Crippen molar-refractivity contribution >= 4 is 12.1 Å². The molecule has 0 heterocycles. The van der Waals surface area contributed by atoms with Crippen molar-refractivity contribution in [1.29, 1.82) is 0 Å². The third-order valence-corrected chi connectivity index (χ3v) is 3.92. The number of nitrogens with one attached hydrogen (secondary N) is 1. The van der Waals surface area contributed by atoms with Crippen molar-refractivity contribution in [2.75, 3.05) is 0 Å². The van der Waals surface area contributed by atoms with E-state index in [1.54, 1.807) is 12.3 Å². The SMILES string of the molecule is Cc1ccccc1C(=O)N/N=C/c1ccccc1OCc1ccccc1. The van der Waals surface area contributed by atoms with Crippen LogP contribution in [0.15, 0.2) is 84.0 Å². The van der Waals surface area contributed by atoms with Crippen LogP contribution in [0.2, 0.25) is 0 Å². The van der Waals surface area contributed by atoms with E-state index >= 15 is 0 Å². The predicted molar refractivity (Wildman–Crippen MR) is 103 cm³/mol. The van der Waals surface area contributed by atoms with Gasteiger partial charge in [0.25, 0.3) is 5.91 Å². The fraction of sp³-hybridized carbons (Fsp3) is 0.0909. The lowest BCUT2D eigenvalue weighted by molar-refractivity contribution is 0.0954. The smallest absolute Gasteiger partial charge is 0.271 e. The van der Waals surface area contributed by atoms with Crippen molar-refractivity contribution < 1.29 is 9.53 Å². The second-order valence-electron chi connectivity index (χ2n) is 5.83. The third kappa shape index (κ3) is 4.57. The van der Waals surface area contributed by atoms with Crippen LogP contribution in [0, 0.1) is 6.92 Å². The first-order valence-corrected chi connectivity index (χ1v) is 8.39. The molecule has 0 aliphatic rings. The zero-order valence-electron chi connectivity index (χ0n) is 14.6. The number of hydrogen-bond donors (Lipinski definition) is 1. The maximum absolute atomic E-state index is 12.2. The minimum absolute atomic E-state index is 0.234. The summed E-state index contributed by atoms with van der Waals surface area (Å²) < 4.78 is 5.88. The number of para-hydroxylation sites is 1. The van der Waals surface area contributed by atoms with Crippen molar-refractivity contribution in [3.05, 3.63) is 101 Å². The molecule has 0 aliphatic heterocycles. The van der Waals surface area contributed by atoms with Gasteiger partial charge in [-0.25, -0.2) is 5.43 Å². The van der Waals surface area contributed by atoms with Crippen LogP contribution in [0.25, 0.3) is 0 Å². The summed E-state index contributed by atoms with van der Waals surface area (Å²) in [5, 5.41) is 4.07. The number of rotatable bonds is 6. The molecule has 0 aromatic heterocycles.